The highest BCUT2D eigenvalue weighted by Gasteiger charge is 2.49. The third-order valence-electron chi connectivity index (χ3n) is 6.26. The number of aromatic nitrogens is 1. The lowest BCUT2D eigenvalue weighted by Gasteiger charge is -2.49. The number of nitrogens with zero attached hydrogens (tertiary/aromatic N) is 2. The van der Waals surface area contributed by atoms with E-state index in [9.17, 15) is 10.4 Å². The molecule has 0 spiro atoms. The highest BCUT2D eigenvalue weighted by Crippen LogP contribution is 2.46. The van der Waals surface area contributed by atoms with E-state index in [1.54, 1.807) is 6.20 Å². The van der Waals surface area contributed by atoms with Crippen molar-refractivity contribution in [2.75, 3.05) is 0 Å². The number of benzene rings is 3. The Morgan fingerprint density at radius 3 is 2.23 bits per heavy atom. The lowest BCUT2D eigenvalue weighted by atomic mass is 9.63. The van der Waals surface area contributed by atoms with E-state index in [4.69, 9.17) is 5.73 Å². The highest BCUT2D eigenvalue weighted by molar-refractivity contribution is 5.98. The number of nitriles is 1. The van der Waals surface area contributed by atoms with Crippen molar-refractivity contribution >= 4 is 10.8 Å². The van der Waals surface area contributed by atoms with Crippen LogP contribution in [-0.2, 0) is 5.54 Å². The lowest BCUT2D eigenvalue weighted by molar-refractivity contribution is -0.0738. The summed E-state index contributed by atoms with van der Waals surface area (Å²) in [5, 5.41) is 21.5. The molecule has 0 saturated heterocycles. The fourth-order valence-electron chi connectivity index (χ4n) is 4.90. The van der Waals surface area contributed by atoms with Crippen LogP contribution in [-0.4, -0.2) is 15.7 Å². The molecule has 152 valence electrons. The standard InChI is InChI=1S/C27H23N3O/c1-26(31)16-27(29,17-26)21-9-7-19(8-10-21)22-13-20-11-12-30-25(15-28)24(20)14-23(22)18-5-3-2-4-6-18/h2-14,31H,16-17,29H2,1H3/t26-,27-. The molecule has 1 fully saturated rings. The summed E-state index contributed by atoms with van der Waals surface area (Å²) in [6.45, 7) is 1.83. The summed E-state index contributed by atoms with van der Waals surface area (Å²) in [5.41, 5.74) is 11.1. The van der Waals surface area contributed by atoms with E-state index < -0.39 is 11.1 Å². The molecule has 1 saturated carbocycles. The van der Waals surface area contributed by atoms with Crippen LogP contribution in [0.3, 0.4) is 0 Å². The summed E-state index contributed by atoms with van der Waals surface area (Å²) in [6.07, 6.45) is 2.81. The molecule has 0 atom stereocenters. The molecule has 5 rings (SSSR count). The maximum atomic E-state index is 10.1. The van der Waals surface area contributed by atoms with Gasteiger partial charge in [-0.1, -0.05) is 54.6 Å². The van der Waals surface area contributed by atoms with Crippen LogP contribution in [0.15, 0.2) is 79.0 Å². The van der Waals surface area contributed by atoms with E-state index >= 15 is 0 Å². The summed E-state index contributed by atoms with van der Waals surface area (Å²) < 4.78 is 0. The predicted octanol–water partition coefficient (Wildman–Crippen LogP) is 5.14. The minimum absolute atomic E-state index is 0.429. The van der Waals surface area contributed by atoms with Gasteiger partial charge in [0.25, 0.3) is 0 Å². The average Bonchev–Trinajstić information content (AvgIpc) is 2.77. The summed E-state index contributed by atoms with van der Waals surface area (Å²) in [7, 11) is 0. The van der Waals surface area contributed by atoms with Crippen LogP contribution >= 0.6 is 0 Å². The fraction of sp³-hybridized carbons (Fsp3) is 0.185. The van der Waals surface area contributed by atoms with Gasteiger partial charge in [-0.05, 0) is 71.2 Å². The Morgan fingerprint density at radius 1 is 0.935 bits per heavy atom. The number of hydrogen-bond acceptors (Lipinski definition) is 4. The fourth-order valence-corrected chi connectivity index (χ4v) is 4.90. The minimum Gasteiger partial charge on any atom is -0.390 e. The van der Waals surface area contributed by atoms with Crippen LogP contribution in [0.25, 0.3) is 33.0 Å². The first-order valence-corrected chi connectivity index (χ1v) is 10.4. The highest BCUT2D eigenvalue weighted by atomic mass is 16.3. The normalized spacial score (nSPS) is 22.6. The van der Waals surface area contributed by atoms with Gasteiger partial charge < -0.3 is 10.8 Å². The average molecular weight is 406 g/mol. The van der Waals surface area contributed by atoms with Gasteiger partial charge in [0.1, 0.15) is 11.8 Å². The number of pyridine rings is 1. The van der Waals surface area contributed by atoms with Crippen molar-refractivity contribution in [3.63, 3.8) is 0 Å². The number of fused-ring (bicyclic) bond motifs is 1. The maximum absolute atomic E-state index is 10.1. The second-order valence-corrected chi connectivity index (χ2v) is 8.84. The molecule has 3 aromatic carbocycles. The Kier molecular flexibility index (Phi) is 4.40. The second kappa shape index (κ2) is 7.02. The summed E-state index contributed by atoms with van der Waals surface area (Å²) >= 11 is 0. The SMILES string of the molecule is C[C@]1(O)C[C@@](N)(c2ccc(-c3cc4ccnc(C#N)c4cc3-c3ccccc3)cc2)C1. The van der Waals surface area contributed by atoms with E-state index in [1.807, 2.05) is 31.2 Å². The van der Waals surface area contributed by atoms with Gasteiger partial charge >= 0.3 is 0 Å². The van der Waals surface area contributed by atoms with Crippen LogP contribution in [0.4, 0.5) is 0 Å². The van der Waals surface area contributed by atoms with E-state index in [-0.39, 0.29) is 0 Å². The first kappa shape index (κ1) is 19.4. The van der Waals surface area contributed by atoms with Gasteiger partial charge in [-0.25, -0.2) is 4.98 Å². The van der Waals surface area contributed by atoms with Crippen molar-refractivity contribution in [3.05, 3.63) is 90.3 Å². The topological polar surface area (TPSA) is 82.9 Å². The van der Waals surface area contributed by atoms with Gasteiger partial charge in [-0.2, -0.15) is 5.26 Å². The second-order valence-electron chi connectivity index (χ2n) is 8.84. The molecule has 1 aromatic heterocycles. The van der Waals surface area contributed by atoms with Crippen LogP contribution in [0, 0.1) is 11.3 Å². The molecule has 1 aliphatic carbocycles. The smallest absolute Gasteiger partial charge is 0.148 e. The molecule has 4 aromatic rings. The third kappa shape index (κ3) is 3.38. The summed E-state index contributed by atoms with van der Waals surface area (Å²) in [6, 6.07) is 26.8. The largest absolute Gasteiger partial charge is 0.390 e. The van der Waals surface area contributed by atoms with Crippen LogP contribution in [0.2, 0.25) is 0 Å². The summed E-state index contributed by atoms with van der Waals surface area (Å²) in [4.78, 5) is 4.23. The number of hydrogen-bond donors (Lipinski definition) is 2. The van der Waals surface area contributed by atoms with Crippen molar-refractivity contribution in [2.24, 2.45) is 5.73 Å². The zero-order valence-corrected chi connectivity index (χ0v) is 17.3. The minimum atomic E-state index is -0.682. The lowest BCUT2D eigenvalue weighted by Crippen LogP contribution is -2.58. The number of nitrogens with two attached hydrogens (primary N) is 1. The molecular formula is C27H23N3O. The Labute approximate surface area is 181 Å². The molecule has 0 bridgehead atoms. The summed E-state index contributed by atoms with van der Waals surface area (Å²) in [5.74, 6) is 0. The van der Waals surface area contributed by atoms with Gasteiger partial charge in [-0.15, -0.1) is 0 Å². The molecule has 0 aliphatic heterocycles. The Bertz CT molecular complexity index is 1310. The van der Waals surface area contributed by atoms with Crippen molar-refractivity contribution in [3.8, 4) is 28.3 Å². The van der Waals surface area contributed by atoms with E-state index in [0.717, 1.165) is 38.6 Å². The monoisotopic (exact) mass is 405 g/mol. The number of rotatable bonds is 3. The van der Waals surface area contributed by atoms with E-state index in [2.05, 4.69) is 59.6 Å². The van der Waals surface area contributed by atoms with E-state index in [1.165, 1.54) is 0 Å². The van der Waals surface area contributed by atoms with Crippen LogP contribution < -0.4 is 5.73 Å². The van der Waals surface area contributed by atoms with Crippen molar-refractivity contribution < 1.29 is 5.11 Å². The van der Waals surface area contributed by atoms with Gasteiger partial charge in [0.15, 0.2) is 0 Å². The van der Waals surface area contributed by atoms with Gasteiger partial charge in [0.05, 0.1) is 5.60 Å². The zero-order valence-electron chi connectivity index (χ0n) is 17.3. The Morgan fingerprint density at radius 2 is 1.58 bits per heavy atom. The third-order valence-corrected chi connectivity index (χ3v) is 6.26. The first-order chi connectivity index (χ1) is 14.9. The molecule has 4 nitrogen and oxygen atoms in total. The maximum Gasteiger partial charge on any atom is 0.148 e. The van der Waals surface area contributed by atoms with Crippen molar-refractivity contribution in [1.82, 2.24) is 4.98 Å². The van der Waals surface area contributed by atoms with Crippen molar-refractivity contribution in [2.45, 2.75) is 30.9 Å². The molecule has 0 unspecified atom stereocenters. The van der Waals surface area contributed by atoms with Crippen molar-refractivity contribution in [1.29, 1.82) is 5.26 Å². The molecular weight excluding hydrogens is 382 g/mol. The number of aliphatic hydroxyl groups is 1. The molecule has 0 radical (unpaired) electrons. The first-order valence-electron chi connectivity index (χ1n) is 10.4. The molecule has 0 amide bonds. The molecule has 3 N–H and O–H groups in total. The Hall–Kier alpha value is -3.52. The zero-order chi connectivity index (χ0) is 21.6. The van der Waals surface area contributed by atoms with Gasteiger partial charge in [0, 0.05) is 17.1 Å². The molecule has 4 heteroatoms. The van der Waals surface area contributed by atoms with Gasteiger partial charge in [-0.3, -0.25) is 0 Å². The predicted molar refractivity (Wildman–Crippen MR) is 123 cm³/mol. The Balaban J connectivity index is 1.65. The van der Waals surface area contributed by atoms with E-state index in [0.29, 0.717) is 18.5 Å². The molecule has 1 heterocycles. The molecule has 1 aliphatic rings. The molecule has 31 heavy (non-hydrogen) atoms. The van der Waals surface area contributed by atoms with Crippen LogP contribution in [0.1, 0.15) is 31.0 Å². The van der Waals surface area contributed by atoms with Crippen LogP contribution in [0.5, 0.6) is 0 Å². The van der Waals surface area contributed by atoms with Gasteiger partial charge in [0.2, 0.25) is 0 Å². The quantitative estimate of drug-likeness (QED) is 0.494.